The molecule has 0 aliphatic heterocycles. The lowest BCUT2D eigenvalue weighted by Gasteiger charge is -2.11. The maximum absolute atomic E-state index is 6.22. The van der Waals surface area contributed by atoms with E-state index in [0.29, 0.717) is 17.5 Å². The molecule has 0 N–H and O–H groups in total. The Bertz CT molecular complexity index is 2810. The Kier molecular flexibility index (Phi) is 6.15. The average Bonchev–Trinajstić information content (AvgIpc) is 3.55. The third-order valence-electron chi connectivity index (χ3n) is 9.48. The van der Waals surface area contributed by atoms with Crippen LogP contribution in [0.3, 0.4) is 0 Å². The molecule has 228 valence electrons. The van der Waals surface area contributed by atoms with Gasteiger partial charge in [-0.05, 0) is 79.8 Å². The highest BCUT2D eigenvalue weighted by Crippen LogP contribution is 2.36. The van der Waals surface area contributed by atoms with E-state index in [1.165, 1.54) is 10.8 Å². The summed E-state index contributed by atoms with van der Waals surface area (Å²) in [7, 11) is 0. The lowest BCUT2D eigenvalue weighted by Crippen LogP contribution is -2.00. The topological polar surface area (TPSA) is 51.8 Å². The van der Waals surface area contributed by atoms with Crippen molar-refractivity contribution < 1.29 is 4.42 Å². The van der Waals surface area contributed by atoms with Crippen molar-refractivity contribution in [3.8, 4) is 45.3 Å². The van der Waals surface area contributed by atoms with Crippen LogP contribution in [0.4, 0.5) is 0 Å². The van der Waals surface area contributed by atoms with Crippen LogP contribution in [0.1, 0.15) is 0 Å². The van der Waals surface area contributed by atoms with Gasteiger partial charge in [-0.2, -0.15) is 0 Å². The molecule has 8 aromatic carbocycles. The zero-order valence-corrected chi connectivity index (χ0v) is 26.3. The minimum Gasteiger partial charge on any atom is -0.456 e. The number of benzene rings is 8. The molecule has 0 saturated heterocycles. The molecule has 0 radical (unpaired) electrons. The number of hydrogen-bond donors (Lipinski definition) is 0. The number of hydrogen-bond acceptors (Lipinski definition) is 4. The summed E-state index contributed by atoms with van der Waals surface area (Å²) < 4.78 is 6.22. The van der Waals surface area contributed by atoms with E-state index in [0.717, 1.165) is 71.3 Å². The molecule has 4 nitrogen and oxygen atoms in total. The summed E-state index contributed by atoms with van der Waals surface area (Å²) in [6.45, 7) is 0. The molecule has 0 unspecified atom stereocenters. The van der Waals surface area contributed by atoms with Crippen LogP contribution in [0, 0.1) is 0 Å². The molecule has 0 spiro atoms. The van der Waals surface area contributed by atoms with Crippen molar-refractivity contribution in [1.82, 2.24) is 15.0 Å². The second-order valence-electron chi connectivity index (χ2n) is 12.5. The fourth-order valence-corrected chi connectivity index (χ4v) is 6.99. The summed E-state index contributed by atoms with van der Waals surface area (Å²) in [5.41, 5.74) is 6.89. The van der Waals surface area contributed by atoms with Gasteiger partial charge >= 0.3 is 0 Å². The van der Waals surface area contributed by atoms with Crippen LogP contribution in [0.25, 0.3) is 99.5 Å². The molecule has 49 heavy (non-hydrogen) atoms. The number of para-hydroxylation sites is 1. The van der Waals surface area contributed by atoms with E-state index in [-0.39, 0.29) is 0 Å². The second-order valence-corrected chi connectivity index (χ2v) is 12.5. The Morgan fingerprint density at radius 1 is 0.306 bits per heavy atom. The first-order valence-electron chi connectivity index (χ1n) is 16.4. The van der Waals surface area contributed by atoms with Crippen LogP contribution in [-0.2, 0) is 0 Å². The molecule has 0 amide bonds. The molecule has 0 atom stereocenters. The lowest BCUT2D eigenvalue weighted by atomic mass is 9.96. The fourth-order valence-electron chi connectivity index (χ4n) is 6.99. The highest BCUT2D eigenvalue weighted by Gasteiger charge is 2.15. The summed E-state index contributed by atoms with van der Waals surface area (Å²) in [5, 5.41) is 9.18. The van der Waals surface area contributed by atoms with E-state index in [1.807, 2.05) is 12.1 Å². The minimum absolute atomic E-state index is 0.636. The number of nitrogens with zero attached hydrogens (tertiary/aromatic N) is 3. The van der Waals surface area contributed by atoms with Gasteiger partial charge in [-0.25, -0.2) is 15.0 Å². The molecule has 4 heteroatoms. The quantitative estimate of drug-likeness (QED) is 0.195. The maximum Gasteiger partial charge on any atom is 0.164 e. The zero-order valence-electron chi connectivity index (χ0n) is 26.3. The van der Waals surface area contributed by atoms with Crippen LogP contribution >= 0.6 is 0 Å². The van der Waals surface area contributed by atoms with Gasteiger partial charge in [-0.1, -0.05) is 127 Å². The van der Waals surface area contributed by atoms with E-state index >= 15 is 0 Å². The average molecular weight is 626 g/mol. The maximum atomic E-state index is 6.22. The summed E-state index contributed by atoms with van der Waals surface area (Å²) in [4.78, 5) is 15.2. The van der Waals surface area contributed by atoms with Gasteiger partial charge in [0.15, 0.2) is 17.5 Å². The van der Waals surface area contributed by atoms with Crippen molar-refractivity contribution >= 4 is 54.3 Å². The second kappa shape index (κ2) is 11.0. The number of fused-ring (bicyclic) bond motifs is 6. The fraction of sp³-hybridized carbons (Fsp3) is 0. The molecule has 2 heterocycles. The highest BCUT2D eigenvalue weighted by atomic mass is 16.3. The third kappa shape index (κ3) is 4.73. The van der Waals surface area contributed by atoms with Crippen LogP contribution in [0.2, 0.25) is 0 Å². The summed E-state index contributed by atoms with van der Waals surface area (Å²) in [5.74, 6) is 1.93. The van der Waals surface area contributed by atoms with Crippen LogP contribution in [-0.4, -0.2) is 15.0 Å². The van der Waals surface area contributed by atoms with Gasteiger partial charge in [0.25, 0.3) is 0 Å². The molecule has 0 aliphatic rings. The summed E-state index contributed by atoms with van der Waals surface area (Å²) in [6, 6.07) is 57.1. The van der Waals surface area contributed by atoms with Gasteiger partial charge in [0.2, 0.25) is 0 Å². The monoisotopic (exact) mass is 625 g/mol. The van der Waals surface area contributed by atoms with E-state index in [2.05, 4.69) is 152 Å². The minimum atomic E-state index is 0.636. The standard InChI is InChI=1S/C45H27N3O/c1-3-10-30-24-34(18-16-28(30)8-1)43-46-44(35-19-17-29-9-2-4-11-31(29)25-35)48-45(47-43)36-21-22-38-32(26-36)12-7-14-37(38)33-20-23-40-39-13-5-6-15-41(39)49-42(40)27-33/h1-27H. The molecule has 0 bridgehead atoms. The number of furan rings is 1. The molecule has 10 rings (SSSR count). The zero-order chi connectivity index (χ0) is 32.3. The molecule has 0 fully saturated rings. The van der Waals surface area contributed by atoms with Gasteiger partial charge in [0, 0.05) is 27.5 Å². The normalized spacial score (nSPS) is 11.7. The lowest BCUT2D eigenvalue weighted by molar-refractivity contribution is 0.669. The van der Waals surface area contributed by atoms with Crippen molar-refractivity contribution in [1.29, 1.82) is 0 Å². The Labute approximate surface area is 282 Å². The molecule has 0 saturated carbocycles. The Hall–Kier alpha value is -6.65. The predicted octanol–water partition coefficient (Wildman–Crippen LogP) is 11.9. The van der Waals surface area contributed by atoms with E-state index < -0.39 is 0 Å². The Balaban J connectivity index is 1.12. The molecule has 10 aromatic rings. The van der Waals surface area contributed by atoms with Gasteiger partial charge in [-0.15, -0.1) is 0 Å². The molecule has 2 aromatic heterocycles. The van der Waals surface area contributed by atoms with Crippen molar-refractivity contribution in [3.63, 3.8) is 0 Å². The predicted molar refractivity (Wildman–Crippen MR) is 201 cm³/mol. The van der Waals surface area contributed by atoms with Crippen LogP contribution < -0.4 is 0 Å². The Morgan fingerprint density at radius 3 is 1.47 bits per heavy atom. The smallest absolute Gasteiger partial charge is 0.164 e. The van der Waals surface area contributed by atoms with Gasteiger partial charge in [0.05, 0.1) is 0 Å². The SMILES string of the molecule is c1ccc2cc(-c3nc(-c4ccc5ccccc5c4)nc(-c4ccc5c(-c6ccc7c(c6)oc6ccccc67)cccc5c4)n3)ccc2c1. The van der Waals surface area contributed by atoms with Gasteiger partial charge in [0.1, 0.15) is 11.2 Å². The molecule has 0 aliphatic carbocycles. The van der Waals surface area contributed by atoms with Gasteiger partial charge < -0.3 is 4.42 Å². The van der Waals surface area contributed by atoms with Crippen molar-refractivity contribution in [3.05, 3.63) is 164 Å². The number of rotatable bonds is 4. The van der Waals surface area contributed by atoms with Crippen LogP contribution in [0.15, 0.2) is 168 Å². The van der Waals surface area contributed by atoms with Crippen molar-refractivity contribution in [2.75, 3.05) is 0 Å². The highest BCUT2D eigenvalue weighted by molar-refractivity contribution is 6.07. The van der Waals surface area contributed by atoms with Crippen molar-refractivity contribution in [2.45, 2.75) is 0 Å². The van der Waals surface area contributed by atoms with Crippen molar-refractivity contribution in [2.24, 2.45) is 0 Å². The third-order valence-corrected chi connectivity index (χ3v) is 9.48. The van der Waals surface area contributed by atoms with E-state index in [4.69, 9.17) is 19.4 Å². The largest absolute Gasteiger partial charge is 0.456 e. The first-order valence-corrected chi connectivity index (χ1v) is 16.4. The van der Waals surface area contributed by atoms with Crippen LogP contribution in [0.5, 0.6) is 0 Å². The first kappa shape index (κ1) is 27.5. The molecular formula is C45H27N3O. The first-order chi connectivity index (χ1) is 24.2. The summed E-state index contributed by atoms with van der Waals surface area (Å²) >= 11 is 0. The Morgan fingerprint density at radius 2 is 0.796 bits per heavy atom. The van der Waals surface area contributed by atoms with Gasteiger partial charge in [-0.3, -0.25) is 0 Å². The molecular weight excluding hydrogens is 599 g/mol. The number of aromatic nitrogens is 3. The summed E-state index contributed by atoms with van der Waals surface area (Å²) in [6.07, 6.45) is 0. The van der Waals surface area contributed by atoms with E-state index in [9.17, 15) is 0 Å². The van der Waals surface area contributed by atoms with E-state index in [1.54, 1.807) is 0 Å².